The number of ether oxygens (including phenoxy) is 1. The summed E-state index contributed by atoms with van der Waals surface area (Å²) in [4.78, 5) is 24.8. The average molecular weight is 247 g/mol. The summed E-state index contributed by atoms with van der Waals surface area (Å²) in [5, 5.41) is 0. The fraction of sp³-hybridized carbons (Fsp3) is 0.429. The van der Waals surface area contributed by atoms with E-state index in [1.54, 1.807) is 4.90 Å². The number of morpholine rings is 1. The first-order valence-electron chi connectivity index (χ1n) is 6.28. The van der Waals surface area contributed by atoms with Crippen molar-refractivity contribution in [2.24, 2.45) is 0 Å². The predicted molar refractivity (Wildman–Crippen MR) is 68.5 cm³/mol. The number of nitrogens with zero attached hydrogens (tertiary/aromatic N) is 1. The van der Waals surface area contributed by atoms with E-state index in [9.17, 15) is 9.59 Å². The zero-order valence-corrected chi connectivity index (χ0v) is 10.7. The Kier molecular flexibility index (Phi) is 3.65. The van der Waals surface area contributed by atoms with E-state index in [1.807, 2.05) is 32.0 Å². The van der Waals surface area contributed by atoms with Gasteiger partial charge in [-0.05, 0) is 24.0 Å². The highest BCUT2D eigenvalue weighted by Gasteiger charge is 2.31. The van der Waals surface area contributed by atoms with Crippen LogP contribution in [0.1, 0.15) is 25.0 Å². The van der Waals surface area contributed by atoms with Crippen LogP contribution >= 0.6 is 0 Å². The van der Waals surface area contributed by atoms with Gasteiger partial charge in [0.05, 0.1) is 12.2 Å². The number of para-hydroxylation sites is 1. The second kappa shape index (κ2) is 5.21. The Balaban J connectivity index is 2.48. The second-order valence-electron chi connectivity index (χ2n) is 4.22. The van der Waals surface area contributed by atoms with E-state index in [-0.39, 0.29) is 6.61 Å². The third-order valence-corrected chi connectivity index (χ3v) is 3.20. The van der Waals surface area contributed by atoms with Crippen LogP contribution in [0.15, 0.2) is 18.2 Å². The third kappa shape index (κ3) is 2.10. The van der Waals surface area contributed by atoms with Crippen molar-refractivity contribution in [3.05, 3.63) is 29.3 Å². The van der Waals surface area contributed by atoms with Gasteiger partial charge in [0.1, 0.15) is 6.61 Å². The molecule has 1 aliphatic heterocycles. The lowest BCUT2D eigenvalue weighted by Gasteiger charge is -2.29. The van der Waals surface area contributed by atoms with Crippen molar-refractivity contribution in [1.29, 1.82) is 0 Å². The number of hydrogen-bond donors (Lipinski definition) is 0. The van der Waals surface area contributed by atoms with Gasteiger partial charge in [-0.2, -0.15) is 0 Å². The molecule has 1 aromatic carbocycles. The molecule has 1 fully saturated rings. The van der Waals surface area contributed by atoms with Crippen molar-refractivity contribution < 1.29 is 14.3 Å². The van der Waals surface area contributed by atoms with E-state index < -0.39 is 11.9 Å². The molecule has 0 spiro atoms. The quantitative estimate of drug-likeness (QED) is 0.603. The molecule has 0 unspecified atom stereocenters. The highest BCUT2D eigenvalue weighted by atomic mass is 16.5. The molecular weight excluding hydrogens is 230 g/mol. The van der Waals surface area contributed by atoms with Gasteiger partial charge in [-0.25, -0.2) is 4.79 Å². The maximum absolute atomic E-state index is 11.9. The maximum Gasteiger partial charge on any atom is 0.397 e. The van der Waals surface area contributed by atoms with Gasteiger partial charge in [0, 0.05) is 0 Å². The first kappa shape index (κ1) is 12.6. The smallest absolute Gasteiger partial charge is 0.397 e. The van der Waals surface area contributed by atoms with Crippen LogP contribution in [0.2, 0.25) is 0 Å². The maximum atomic E-state index is 11.9. The number of benzene rings is 1. The number of carbonyl (C=O) groups is 2. The SMILES string of the molecule is CCc1cccc(CC)c1N1CCOC(=O)C1=O. The van der Waals surface area contributed by atoms with Crippen molar-refractivity contribution >= 4 is 17.6 Å². The van der Waals surface area contributed by atoms with Gasteiger partial charge in [0.15, 0.2) is 0 Å². The highest BCUT2D eigenvalue weighted by molar-refractivity contribution is 6.38. The Labute approximate surface area is 107 Å². The number of aryl methyl sites for hydroxylation is 2. The van der Waals surface area contributed by atoms with Gasteiger partial charge in [-0.1, -0.05) is 32.0 Å². The normalized spacial score (nSPS) is 15.8. The molecule has 4 nitrogen and oxygen atoms in total. The van der Waals surface area contributed by atoms with Crippen molar-refractivity contribution in [2.45, 2.75) is 26.7 Å². The molecule has 18 heavy (non-hydrogen) atoms. The first-order valence-corrected chi connectivity index (χ1v) is 6.28. The molecule has 4 heteroatoms. The van der Waals surface area contributed by atoms with Crippen molar-refractivity contribution in [3.63, 3.8) is 0 Å². The Morgan fingerprint density at radius 3 is 2.33 bits per heavy atom. The molecule has 0 N–H and O–H groups in total. The Hall–Kier alpha value is -1.84. The van der Waals surface area contributed by atoms with Gasteiger partial charge >= 0.3 is 11.9 Å². The fourth-order valence-corrected chi connectivity index (χ4v) is 2.28. The van der Waals surface area contributed by atoms with Crippen LogP contribution in [0.4, 0.5) is 5.69 Å². The molecule has 1 amide bonds. The topological polar surface area (TPSA) is 46.6 Å². The van der Waals surface area contributed by atoms with Crippen LogP contribution in [0, 0.1) is 0 Å². The number of anilines is 1. The number of esters is 1. The van der Waals surface area contributed by atoms with Gasteiger partial charge in [-0.3, -0.25) is 9.69 Å². The summed E-state index contributed by atoms with van der Waals surface area (Å²) in [6.45, 7) is 4.80. The molecule has 1 aliphatic rings. The van der Waals surface area contributed by atoms with E-state index in [2.05, 4.69) is 0 Å². The van der Waals surface area contributed by atoms with Crippen LogP contribution in [0.25, 0.3) is 0 Å². The average Bonchev–Trinajstić information content (AvgIpc) is 2.41. The largest absolute Gasteiger partial charge is 0.457 e. The van der Waals surface area contributed by atoms with Crippen molar-refractivity contribution in [3.8, 4) is 0 Å². The molecule has 1 heterocycles. The third-order valence-electron chi connectivity index (χ3n) is 3.20. The molecule has 0 saturated carbocycles. The lowest BCUT2D eigenvalue weighted by molar-refractivity contribution is -0.156. The zero-order valence-electron chi connectivity index (χ0n) is 10.7. The summed E-state index contributed by atoms with van der Waals surface area (Å²) in [6.07, 6.45) is 1.67. The van der Waals surface area contributed by atoms with Gasteiger partial charge < -0.3 is 4.74 Å². The molecule has 0 aromatic heterocycles. The minimum absolute atomic E-state index is 0.270. The second-order valence-corrected chi connectivity index (χ2v) is 4.22. The van der Waals surface area contributed by atoms with Crippen molar-refractivity contribution in [1.82, 2.24) is 0 Å². The predicted octanol–water partition coefficient (Wildman–Crippen LogP) is 1.70. The summed E-state index contributed by atoms with van der Waals surface area (Å²) in [5.74, 6) is -1.31. The van der Waals surface area contributed by atoms with E-state index in [0.717, 1.165) is 29.7 Å². The molecule has 96 valence electrons. The summed E-state index contributed by atoms with van der Waals surface area (Å²) in [6, 6.07) is 6.00. The monoisotopic (exact) mass is 247 g/mol. The van der Waals surface area contributed by atoms with E-state index >= 15 is 0 Å². The number of rotatable bonds is 3. The molecule has 1 aromatic rings. The van der Waals surface area contributed by atoms with Gasteiger partial charge in [-0.15, -0.1) is 0 Å². The first-order chi connectivity index (χ1) is 8.69. The molecule has 0 aliphatic carbocycles. The highest BCUT2D eigenvalue weighted by Crippen LogP contribution is 2.28. The fourth-order valence-electron chi connectivity index (χ4n) is 2.28. The number of hydrogen-bond acceptors (Lipinski definition) is 3. The number of cyclic esters (lactones) is 1. The van der Waals surface area contributed by atoms with E-state index in [4.69, 9.17) is 4.74 Å². The summed E-state index contributed by atoms with van der Waals surface area (Å²) in [5.41, 5.74) is 3.08. The molecule has 0 bridgehead atoms. The minimum Gasteiger partial charge on any atom is -0.457 e. The van der Waals surface area contributed by atoms with Crippen LogP contribution in [0.3, 0.4) is 0 Å². The molecule has 2 rings (SSSR count). The molecule has 1 saturated heterocycles. The van der Waals surface area contributed by atoms with Crippen LogP contribution in [0.5, 0.6) is 0 Å². The minimum atomic E-state index is -0.755. The number of amides is 1. The van der Waals surface area contributed by atoms with Gasteiger partial charge in [0.25, 0.3) is 0 Å². The lowest BCUT2D eigenvalue weighted by Crippen LogP contribution is -2.46. The zero-order chi connectivity index (χ0) is 13.1. The molecule has 0 atom stereocenters. The van der Waals surface area contributed by atoms with Crippen LogP contribution in [-0.4, -0.2) is 25.0 Å². The molecular formula is C14H17NO3. The summed E-state index contributed by atoms with van der Waals surface area (Å²) < 4.78 is 4.76. The van der Waals surface area contributed by atoms with Crippen LogP contribution < -0.4 is 4.90 Å². The van der Waals surface area contributed by atoms with Gasteiger partial charge in [0.2, 0.25) is 0 Å². The molecule has 0 radical (unpaired) electrons. The van der Waals surface area contributed by atoms with Crippen molar-refractivity contribution in [2.75, 3.05) is 18.1 Å². The lowest BCUT2D eigenvalue weighted by atomic mass is 10.0. The van der Waals surface area contributed by atoms with E-state index in [1.165, 1.54) is 0 Å². The Morgan fingerprint density at radius 2 is 1.78 bits per heavy atom. The summed E-state index contributed by atoms with van der Waals surface area (Å²) >= 11 is 0. The Bertz CT molecular complexity index is 460. The van der Waals surface area contributed by atoms with Crippen LogP contribution in [-0.2, 0) is 27.2 Å². The Morgan fingerprint density at radius 1 is 1.17 bits per heavy atom. The van der Waals surface area contributed by atoms with E-state index in [0.29, 0.717) is 6.54 Å². The summed E-state index contributed by atoms with van der Waals surface area (Å²) in [7, 11) is 0. The standard InChI is InChI=1S/C14H17NO3/c1-3-10-6-5-7-11(4-2)12(10)15-8-9-18-14(17)13(15)16/h5-7H,3-4,8-9H2,1-2H3. The number of carbonyl (C=O) groups excluding carboxylic acids is 2.